The number of ether oxygens (including phenoxy) is 2. The van der Waals surface area contributed by atoms with Gasteiger partial charge in [-0.1, -0.05) is 35.9 Å². The summed E-state index contributed by atoms with van der Waals surface area (Å²) in [6.45, 7) is 0.725. The molecule has 6 heteroatoms. The van der Waals surface area contributed by atoms with E-state index in [4.69, 9.17) is 21.1 Å². The topological polar surface area (TPSA) is 38.8 Å². The highest BCUT2D eigenvalue weighted by molar-refractivity contribution is 7.21. The van der Waals surface area contributed by atoms with Gasteiger partial charge in [-0.3, -0.25) is 4.79 Å². The van der Waals surface area contributed by atoms with E-state index in [1.807, 2.05) is 47.4 Å². The van der Waals surface area contributed by atoms with Crippen LogP contribution in [0.25, 0.3) is 10.1 Å². The maximum Gasteiger partial charge on any atom is 0.266 e. The van der Waals surface area contributed by atoms with Crippen molar-refractivity contribution in [1.29, 1.82) is 0 Å². The third-order valence-corrected chi connectivity index (χ3v) is 6.70. The number of hydrogen-bond acceptors (Lipinski definition) is 4. The van der Waals surface area contributed by atoms with Crippen LogP contribution in [0.2, 0.25) is 5.02 Å². The van der Waals surface area contributed by atoms with Crippen molar-refractivity contribution < 1.29 is 14.3 Å². The monoisotopic (exact) mass is 401 g/mol. The first-order valence-corrected chi connectivity index (χ1v) is 10.0. The minimum Gasteiger partial charge on any atom is -0.493 e. The molecule has 0 aliphatic carbocycles. The minimum absolute atomic E-state index is 0.00140. The molecule has 3 aromatic rings. The molecule has 4 nitrogen and oxygen atoms in total. The molecule has 0 saturated carbocycles. The first-order valence-electron chi connectivity index (χ1n) is 8.84. The molecule has 1 fully saturated rings. The maximum absolute atomic E-state index is 13.3. The molecule has 2 aromatic carbocycles. The second-order valence-electron chi connectivity index (χ2n) is 6.51. The first-order chi connectivity index (χ1) is 13.1. The van der Waals surface area contributed by atoms with Crippen LogP contribution in [0.4, 0.5) is 0 Å². The Labute approximate surface area is 167 Å². The van der Waals surface area contributed by atoms with Crippen molar-refractivity contribution in [2.24, 2.45) is 0 Å². The summed E-state index contributed by atoms with van der Waals surface area (Å²) < 4.78 is 11.8. The number of fused-ring (bicyclic) bond motifs is 1. The van der Waals surface area contributed by atoms with E-state index in [9.17, 15) is 4.79 Å². The summed E-state index contributed by atoms with van der Waals surface area (Å²) in [6, 6.07) is 13.7. The van der Waals surface area contributed by atoms with Crippen molar-refractivity contribution in [3.8, 4) is 11.5 Å². The summed E-state index contributed by atoms with van der Waals surface area (Å²) in [6.07, 6.45) is 1.89. The Balaban J connectivity index is 1.68. The molecule has 0 N–H and O–H groups in total. The maximum atomic E-state index is 13.3. The van der Waals surface area contributed by atoms with E-state index in [1.54, 1.807) is 14.2 Å². The SMILES string of the molecule is COc1ccc(C2CCCN2C(=O)c2sc3ccccc3c2Cl)cc1OC. The zero-order chi connectivity index (χ0) is 19.0. The molecule has 0 spiro atoms. The second kappa shape index (κ2) is 7.41. The van der Waals surface area contributed by atoms with Crippen LogP contribution in [0, 0.1) is 0 Å². The van der Waals surface area contributed by atoms with Crippen LogP contribution in [-0.4, -0.2) is 31.6 Å². The Morgan fingerprint density at radius 3 is 2.67 bits per heavy atom. The zero-order valence-corrected chi connectivity index (χ0v) is 16.8. The molecule has 1 aliphatic heterocycles. The fourth-order valence-corrected chi connectivity index (χ4v) is 5.17. The molecule has 27 heavy (non-hydrogen) atoms. The number of methoxy groups -OCH3 is 2. The Bertz CT molecular complexity index is 1000. The van der Waals surface area contributed by atoms with E-state index in [0.717, 1.165) is 35.0 Å². The molecular weight excluding hydrogens is 382 g/mol. The summed E-state index contributed by atoms with van der Waals surface area (Å²) >= 11 is 8.00. The van der Waals surface area contributed by atoms with Gasteiger partial charge in [0.1, 0.15) is 4.88 Å². The van der Waals surface area contributed by atoms with Gasteiger partial charge in [0.25, 0.3) is 5.91 Å². The molecule has 4 rings (SSSR count). The Kier molecular flexibility index (Phi) is 4.98. The lowest BCUT2D eigenvalue weighted by molar-refractivity contribution is 0.0740. The molecule has 1 aliphatic rings. The van der Waals surface area contributed by atoms with Gasteiger partial charge in [-0.05, 0) is 36.6 Å². The summed E-state index contributed by atoms with van der Waals surface area (Å²) in [5.41, 5.74) is 1.05. The van der Waals surface area contributed by atoms with Gasteiger partial charge < -0.3 is 14.4 Å². The van der Waals surface area contributed by atoms with Crippen LogP contribution in [0.15, 0.2) is 42.5 Å². The number of carbonyl (C=O) groups is 1. The van der Waals surface area contributed by atoms with Crippen LogP contribution >= 0.6 is 22.9 Å². The van der Waals surface area contributed by atoms with Gasteiger partial charge in [0, 0.05) is 16.6 Å². The Morgan fingerprint density at radius 2 is 1.93 bits per heavy atom. The van der Waals surface area contributed by atoms with Crippen LogP contribution in [0.5, 0.6) is 11.5 Å². The van der Waals surface area contributed by atoms with Crippen LogP contribution in [-0.2, 0) is 0 Å². The number of benzene rings is 2. The lowest BCUT2D eigenvalue weighted by atomic mass is 10.0. The number of rotatable bonds is 4. The van der Waals surface area contributed by atoms with Crippen LogP contribution < -0.4 is 9.47 Å². The molecule has 0 bridgehead atoms. The first kappa shape index (κ1) is 18.1. The van der Waals surface area contributed by atoms with E-state index in [0.29, 0.717) is 21.4 Å². The normalized spacial score (nSPS) is 16.7. The second-order valence-corrected chi connectivity index (χ2v) is 7.94. The van der Waals surface area contributed by atoms with Crippen molar-refractivity contribution in [2.75, 3.05) is 20.8 Å². The van der Waals surface area contributed by atoms with Gasteiger partial charge in [-0.15, -0.1) is 11.3 Å². The predicted octanol–water partition coefficient (Wildman–Crippen LogP) is 5.55. The van der Waals surface area contributed by atoms with Gasteiger partial charge in [-0.25, -0.2) is 0 Å². The quantitative estimate of drug-likeness (QED) is 0.575. The standard InChI is InChI=1S/C21H20ClNO3S/c1-25-16-10-9-13(12-17(16)26-2)15-7-5-11-23(15)21(24)20-19(22)14-6-3-4-8-18(14)27-20/h3-4,6,8-10,12,15H,5,7,11H2,1-2H3. The van der Waals surface area contributed by atoms with Crippen molar-refractivity contribution in [2.45, 2.75) is 18.9 Å². The van der Waals surface area contributed by atoms with Gasteiger partial charge in [0.05, 0.1) is 25.3 Å². The third kappa shape index (κ3) is 3.15. The van der Waals surface area contributed by atoms with Crippen molar-refractivity contribution in [3.63, 3.8) is 0 Å². The van der Waals surface area contributed by atoms with Gasteiger partial charge in [0.15, 0.2) is 11.5 Å². The highest BCUT2D eigenvalue weighted by atomic mass is 35.5. The Morgan fingerprint density at radius 1 is 1.15 bits per heavy atom. The Hall–Kier alpha value is -2.24. The predicted molar refractivity (Wildman–Crippen MR) is 109 cm³/mol. The summed E-state index contributed by atoms with van der Waals surface area (Å²) in [4.78, 5) is 15.8. The van der Waals surface area contributed by atoms with E-state index >= 15 is 0 Å². The summed E-state index contributed by atoms with van der Waals surface area (Å²) in [7, 11) is 3.24. The average molecular weight is 402 g/mol. The van der Waals surface area contributed by atoms with Crippen molar-refractivity contribution in [1.82, 2.24) is 4.90 Å². The van der Waals surface area contributed by atoms with E-state index in [2.05, 4.69) is 0 Å². The fraction of sp³-hybridized carbons (Fsp3) is 0.286. The number of hydrogen-bond donors (Lipinski definition) is 0. The van der Waals surface area contributed by atoms with Crippen molar-refractivity contribution in [3.05, 3.63) is 57.9 Å². The van der Waals surface area contributed by atoms with E-state index in [1.165, 1.54) is 11.3 Å². The number of halogens is 1. The summed E-state index contributed by atoms with van der Waals surface area (Å²) in [5, 5.41) is 1.49. The van der Waals surface area contributed by atoms with Crippen LogP contribution in [0.1, 0.15) is 34.1 Å². The van der Waals surface area contributed by atoms with E-state index < -0.39 is 0 Å². The summed E-state index contributed by atoms with van der Waals surface area (Å²) in [5.74, 6) is 1.36. The number of nitrogens with zero attached hydrogens (tertiary/aromatic N) is 1. The lowest BCUT2D eigenvalue weighted by Gasteiger charge is -2.25. The van der Waals surface area contributed by atoms with Gasteiger partial charge in [-0.2, -0.15) is 0 Å². The molecule has 1 unspecified atom stereocenters. The molecule has 1 saturated heterocycles. The zero-order valence-electron chi connectivity index (χ0n) is 15.2. The third-order valence-electron chi connectivity index (χ3n) is 5.04. The highest BCUT2D eigenvalue weighted by Crippen LogP contribution is 2.41. The molecule has 2 heterocycles. The van der Waals surface area contributed by atoms with Gasteiger partial charge in [0.2, 0.25) is 0 Å². The van der Waals surface area contributed by atoms with E-state index in [-0.39, 0.29) is 11.9 Å². The lowest BCUT2D eigenvalue weighted by Crippen LogP contribution is -2.30. The number of carbonyl (C=O) groups excluding carboxylic acids is 1. The molecular formula is C21H20ClNO3S. The number of likely N-dealkylation sites (tertiary alicyclic amines) is 1. The minimum atomic E-state index is -0.00140. The molecule has 1 amide bonds. The smallest absolute Gasteiger partial charge is 0.266 e. The molecule has 1 atom stereocenters. The number of thiophene rings is 1. The average Bonchev–Trinajstić information content (AvgIpc) is 3.32. The largest absolute Gasteiger partial charge is 0.493 e. The van der Waals surface area contributed by atoms with Crippen LogP contribution in [0.3, 0.4) is 0 Å². The number of amides is 1. The molecule has 0 radical (unpaired) electrons. The molecule has 140 valence electrons. The van der Waals surface area contributed by atoms with Crippen molar-refractivity contribution >= 4 is 38.9 Å². The molecule has 1 aromatic heterocycles. The van der Waals surface area contributed by atoms with Gasteiger partial charge >= 0.3 is 0 Å². The fourth-order valence-electron chi connectivity index (χ4n) is 3.70. The highest BCUT2D eigenvalue weighted by Gasteiger charge is 2.33.